The van der Waals surface area contributed by atoms with Crippen LogP contribution in [-0.2, 0) is 4.74 Å². The van der Waals surface area contributed by atoms with E-state index in [-0.39, 0.29) is 23.1 Å². The van der Waals surface area contributed by atoms with Crippen LogP contribution in [0.1, 0.15) is 32.6 Å². The Morgan fingerprint density at radius 2 is 1.97 bits per heavy atom. The fourth-order valence-electron chi connectivity index (χ4n) is 3.58. The summed E-state index contributed by atoms with van der Waals surface area (Å²) in [4.78, 5) is 28.8. The van der Waals surface area contributed by atoms with Crippen LogP contribution in [-0.4, -0.2) is 43.7 Å². The van der Waals surface area contributed by atoms with Crippen LogP contribution in [0.15, 0.2) is 44.9 Å². The first kappa shape index (κ1) is 19.8. The smallest absolute Gasteiger partial charge is 0.287 e. The summed E-state index contributed by atoms with van der Waals surface area (Å²) in [5, 5.41) is 5.49. The highest BCUT2D eigenvalue weighted by atomic mass is 32.1. The molecule has 0 radical (unpaired) electrons. The van der Waals surface area contributed by atoms with E-state index >= 15 is 0 Å². The molecule has 1 saturated heterocycles. The van der Waals surface area contributed by atoms with Gasteiger partial charge in [0.05, 0.1) is 24.6 Å². The third kappa shape index (κ3) is 4.27. The summed E-state index contributed by atoms with van der Waals surface area (Å²) >= 11 is 1.67. The number of rotatable bonds is 5. The average molecular weight is 413 g/mol. The van der Waals surface area contributed by atoms with E-state index in [9.17, 15) is 9.59 Å². The van der Waals surface area contributed by atoms with Gasteiger partial charge in [0.1, 0.15) is 5.58 Å². The number of hydrogen-bond donors (Lipinski definition) is 1. The second-order valence-corrected chi connectivity index (χ2v) is 8.28. The van der Waals surface area contributed by atoms with E-state index in [2.05, 4.69) is 16.3 Å². The number of carbonyl (C=O) groups excluding carboxylic acids is 1. The van der Waals surface area contributed by atoms with E-state index in [1.165, 1.54) is 10.9 Å². The van der Waals surface area contributed by atoms with Crippen LogP contribution in [0.4, 0.5) is 0 Å². The molecule has 0 spiro atoms. The molecule has 0 unspecified atom stereocenters. The molecule has 1 fully saturated rings. The lowest BCUT2D eigenvalue weighted by Gasteiger charge is -2.34. The van der Waals surface area contributed by atoms with Crippen LogP contribution in [0.5, 0.6) is 0 Å². The molecule has 1 aliphatic rings. The van der Waals surface area contributed by atoms with E-state index in [1.807, 2.05) is 37.4 Å². The molecule has 152 valence electrons. The first-order valence-corrected chi connectivity index (χ1v) is 10.6. The number of hydrogen-bond acceptors (Lipinski definition) is 6. The number of benzene rings is 1. The Kier molecular flexibility index (Phi) is 5.80. The molecule has 2 aromatic heterocycles. The Morgan fingerprint density at radius 1 is 1.21 bits per heavy atom. The third-order valence-electron chi connectivity index (χ3n) is 5.38. The van der Waals surface area contributed by atoms with Crippen molar-refractivity contribution in [3.63, 3.8) is 0 Å². The molecule has 6 nitrogen and oxygen atoms in total. The number of amides is 1. The maximum Gasteiger partial charge on any atom is 0.287 e. The zero-order chi connectivity index (χ0) is 20.4. The van der Waals surface area contributed by atoms with Gasteiger partial charge in [-0.25, -0.2) is 0 Å². The van der Waals surface area contributed by atoms with Crippen molar-refractivity contribution in [1.82, 2.24) is 10.2 Å². The van der Waals surface area contributed by atoms with Crippen LogP contribution in [0.2, 0.25) is 0 Å². The van der Waals surface area contributed by atoms with Crippen molar-refractivity contribution in [2.45, 2.75) is 19.9 Å². The summed E-state index contributed by atoms with van der Waals surface area (Å²) in [6.45, 7) is 7.36. The molecular weight excluding hydrogens is 388 g/mol. The van der Waals surface area contributed by atoms with E-state index in [0.717, 1.165) is 24.2 Å². The molecule has 4 rings (SSSR count). The normalized spacial score (nSPS) is 16.1. The molecule has 3 heterocycles. The first-order valence-electron chi connectivity index (χ1n) is 9.71. The van der Waals surface area contributed by atoms with E-state index < -0.39 is 0 Å². The summed E-state index contributed by atoms with van der Waals surface area (Å²) < 4.78 is 11.2. The van der Waals surface area contributed by atoms with Gasteiger partial charge in [0.25, 0.3) is 5.91 Å². The zero-order valence-corrected chi connectivity index (χ0v) is 17.4. The zero-order valence-electron chi connectivity index (χ0n) is 16.6. The number of ether oxygens (including phenoxy) is 1. The van der Waals surface area contributed by atoms with Crippen molar-refractivity contribution < 1.29 is 13.9 Å². The van der Waals surface area contributed by atoms with Gasteiger partial charge >= 0.3 is 0 Å². The predicted molar refractivity (Wildman–Crippen MR) is 114 cm³/mol. The highest BCUT2D eigenvalue weighted by Crippen LogP contribution is 2.25. The number of morpholine rings is 1. The van der Waals surface area contributed by atoms with Crippen molar-refractivity contribution in [1.29, 1.82) is 0 Å². The topological polar surface area (TPSA) is 71.8 Å². The van der Waals surface area contributed by atoms with Gasteiger partial charge in [-0.2, -0.15) is 0 Å². The largest absolute Gasteiger partial charge is 0.451 e. The Morgan fingerprint density at radius 3 is 2.69 bits per heavy atom. The lowest BCUT2D eigenvalue weighted by molar-refractivity contribution is 0.0168. The fraction of sp³-hybridized carbons (Fsp3) is 0.364. The van der Waals surface area contributed by atoms with E-state index in [4.69, 9.17) is 9.15 Å². The predicted octanol–water partition coefficient (Wildman–Crippen LogP) is 3.27. The Labute approximate surface area is 173 Å². The van der Waals surface area contributed by atoms with Gasteiger partial charge in [0.2, 0.25) is 0 Å². The second-order valence-electron chi connectivity index (χ2n) is 7.30. The maximum absolute atomic E-state index is 12.8. The van der Waals surface area contributed by atoms with Crippen molar-refractivity contribution in [3.05, 3.63) is 67.7 Å². The van der Waals surface area contributed by atoms with Gasteiger partial charge in [-0.1, -0.05) is 6.07 Å². The number of thiophene rings is 1. The Hall–Kier alpha value is -2.48. The van der Waals surface area contributed by atoms with Crippen LogP contribution < -0.4 is 10.7 Å². The second kappa shape index (κ2) is 8.49. The summed E-state index contributed by atoms with van der Waals surface area (Å²) in [6.07, 6.45) is 0. The molecule has 3 aromatic rings. The molecule has 0 saturated carbocycles. The third-order valence-corrected chi connectivity index (χ3v) is 6.35. The SMILES string of the molecule is Cc1cc2oc(C(=O)NC[C@@H](c3cccs3)N3CCOCC3)cc(=O)c2cc1C. The maximum atomic E-state index is 12.8. The van der Waals surface area contributed by atoms with Crippen molar-refractivity contribution in [2.75, 3.05) is 32.8 Å². The quantitative estimate of drug-likeness (QED) is 0.696. The minimum Gasteiger partial charge on any atom is -0.451 e. The standard InChI is InChI=1S/C22H24N2O4S/c1-14-10-16-18(25)12-20(28-19(16)11-15(14)2)22(26)23-13-17(21-4-3-9-29-21)24-5-7-27-8-6-24/h3-4,9-12,17H,5-8,13H2,1-2H3,(H,23,26)/t17-/m0/s1. The van der Waals surface area contributed by atoms with Crippen LogP contribution in [0, 0.1) is 13.8 Å². The number of fused-ring (bicyclic) bond motifs is 1. The highest BCUT2D eigenvalue weighted by Gasteiger charge is 2.24. The summed E-state index contributed by atoms with van der Waals surface area (Å²) in [5.41, 5.74) is 2.27. The van der Waals surface area contributed by atoms with Crippen molar-refractivity contribution >= 4 is 28.2 Å². The van der Waals surface area contributed by atoms with Crippen LogP contribution in [0.3, 0.4) is 0 Å². The molecule has 0 aliphatic carbocycles. The fourth-order valence-corrected chi connectivity index (χ4v) is 4.44. The first-order chi connectivity index (χ1) is 14.0. The Balaban J connectivity index is 1.55. The monoisotopic (exact) mass is 412 g/mol. The van der Waals surface area contributed by atoms with Gasteiger partial charge in [0, 0.05) is 30.6 Å². The van der Waals surface area contributed by atoms with Gasteiger partial charge in [-0.05, 0) is 48.6 Å². The van der Waals surface area contributed by atoms with Gasteiger partial charge < -0.3 is 14.5 Å². The summed E-state index contributed by atoms with van der Waals surface area (Å²) in [5.74, 6) is -0.338. The summed E-state index contributed by atoms with van der Waals surface area (Å²) in [6, 6.07) is 9.07. The lowest BCUT2D eigenvalue weighted by Crippen LogP contribution is -2.43. The van der Waals surface area contributed by atoms with E-state index in [1.54, 1.807) is 11.3 Å². The number of aryl methyl sites for hydroxylation is 2. The number of carbonyl (C=O) groups is 1. The van der Waals surface area contributed by atoms with Gasteiger partial charge in [-0.15, -0.1) is 11.3 Å². The Bertz CT molecular complexity index is 1070. The molecule has 1 amide bonds. The molecular formula is C22H24N2O4S. The van der Waals surface area contributed by atoms with E-state index in [0.29, 0.717) is 30.7 Å². The van der Waals surface area contributed by atoms with Crippen LogP contribution >= 0.6 is 11.3 Å². The molecule has 1 atom stereocenters. The minimum atomic E-state index is -0.378. The average Bonchev–Trinajstić information content (AvgIpc) is 3.25. The van der Waals surface area contributed by atoms with Crippen molar-refractivity contribution in [2.24, 2.45) is 0 Å². The molecule has 1 N–H and O–H groups in total. The molecule has 1 aromatic carbocycles. The van der Waals surface area contributed by atoms with Crippen LogP contribution in [0.25, 0.3) is 11.0 Å². The van der Waals surface area contributed by atoms with Gasteiger partial charge in [0.15, 0.2) is 11.2 Å². The number of nitrogens with zero attached hydrogens (tertiary/aromatic N) is 1. The molecule has 0 bridgehead atoms. The number of nitrogens with one attached hydrogen (secondary N) is 1. The minimum absolute atomic E-state index is 0.0395. The highest BCUT2D eigenvalue weighted by molar-refractivity contribution is 7.10. The molecule has 29 heavy (non-hydrogen) atoms. The summed E-state index contributed by atoms with van der Waals surface area (Å²) in [7, 11) is 0. The van der Waals surface area contributed by atoms with Crippen molar-refractivity contribution in [3.8, 4) is 0 Å². The molecule has 1 aliphatic heterocycles. The lowest BCUT2D eigenvalue weighted by atomic mass is 10.1. The van der Waals surface area contributed by atoms with Gasteiger partial charge in [-0.3, -0.25) is 14.5 Å². The molecule has 7 heteroatoms.